The van der Waals surface area contributed by atoms with E-state index >= 15 is 0 Å². The summed E-state index contributed by atoms with van der Waals surface area (Å²) >= 11 is 0. The molecule has 4 nitrogen and oxygen atoms in total. The first-order valence-electron chi connectivity index (χ1n) is 12.8. The van der Waals surface area contributed by atoms with E-state index in [-0.39, 0.29) is 29.2 Å². The van der Waals surface area contributed by atoms with Gasteiger partial charge in [-0.15, -0.1) is 0 Å². The van der Waals surface area contributed by atoms with Gasteiger partial charge in [0.15, 0.2) is 0 Å². The number of halogens is 7. The highest BCUT2D eigenvalue weighted by atomic mass is 19.4. The van der Waals surface area contributed by atoms with E-state index in [0.29, 0.717) is 22.9 Å². The first-order valence-corrected chi connectivity index (χ1v) is 12.8. The number of amides is 1. The fourth-order valence-electron chi connectivity index (χ4n) is 4.94. The van der Waals surface area contributed by atoms with Crippen LogP contribution in [0, 0.1) is 0 Å². The Morgan fingerprint density at radius 2 is 1.54 bits per heavy atom. The summed E-state index contributed by atoms with van der Waals surface area (Å²) in [5.74, 6) is 0.491. The number of carbonyl (C=O) groups is 1. The van der Waals surface area contributed by atoms with Gasteiger partial charge in [0.1, 0.15) is 18.5 Å². The summed E-state index contributed by atoms with van der Waals surface area (Å²) in [4.78, 5) is 14.1. The van der Waals surface area contributed by atoms with Gasteiger partial charge in [-0.25, -0.2) is 9.18 Å². The molecule has 1 saturated heterocycles. The molecule has 3 aromatic rings. The molecule has 0 unspecified atom stereocenters. The first-order chi connectivity index (χ1) is 19.1. The molecular weight excluding hydrogens is 555 g/mol. The third-order valence-electron chi connectivity index (χ3n) is 7.14. The molecule has 4 rings (SSSR count). The Bertz CT molecular complexity index is 1430. The number of benzene rings is 3. The fraction of sp³-hybridized carbons (Fsp3) is 0.367. The van der Waals surface area contributed by atoms with Gasteiger partial charge in [0.05, 0.1) is 24.3 Å². The van der Waals surface area contributed by atoms with Gasteiger partial charge in [0.2, 0.25) is 0 Å². The first kappa shape index (κ1) is 30.2. The van der Waals surface area contributed by atoms with Crippen LogP contribution in [0.3, 0.4) is 0 Å². The predicted molar refractivity (Wildman–Crippen MR) is 138 cm³/mol. The number of rotatable bonds is 7. The van der Waals surface area contributed by atoms with Crippen molar-refractivity contribution in [1.29, 1.82) is 0 Å². The molecule has 0 radical (unpaired) electrons. The van der Waals surface area contributed by atoms with Gasteiger partial charge in [-0.2, -0.15) is 26.3 Å². The van der Waals surface area contributed by atoms with Crippen molar-refractivity contribution in [3.63, 3.8) is 0 Å². The average molecular weight is 584 g/mol. The van der Waals surface area contributed by atoms with Gasteiger partial charge in [-0.05, 0) is 71.5 Å². The molecule has 0 N–H and O–H groups in total. The highest BCUT2D eigenvalue weighted by molar-refractivity contribution is 5.77. The van der Waals surface area contributed by atoms with Gasteiger partial charge in [-0.3, -0.25) is 4.90 Å². The monoisotopic (exact) mass is 583 g/mol. The summed E-state index contributed by atoms with van der Waals surface area (Å²) in [6, 6.07) is 10.3. The van der Waals surface area contributed by atoms with Crippen LogP contribution in [0.5, 0.6) is 5.75 Å². The van der Waals surface area contributed by atoms with E-state index in [1.54, 1.807) is 12.1 Å². The minimum absolute atomic E-state index is 0.00694. The third kappa shape index (κ3) is 6.28. The Hall–Kier alpha value is -3.76. The molecule has 11 heteroatoms. The fourth-order valence-corrected chi connectivity index (χ4v) is 4.94. The van der Waals surface area contributed by atoms with Gasteiger partial charge in [0.25, 0.3) is 0 Å². The molecule has 3 aromatic carbocycles. The summed E-state index contributed by atoms with van der Waals surface area (Å²) in [5, 5.41) is 0. The van der Waals surface area contributed by atoms with E-state index in [2.05, 4.69) is 0 Å². The van der Waals surface area contributed by atoms with E-state index in [0.717, 1.165) is 28.7 Å². The largest absolute Gasteiger partial charge is 0.496 e. The van der Waals surface area contributed by atoms with Crippen LogP contribution in [0.25, 0.3) is 11.1 Å². The van der Waals surface area contributed by atoms with Crippen LogP contribution in [-0.4, -0.2) is 24.1 Å². The molecule has 1 fully saturated rings. The SMILES string of the molecule is COc1ccc(C(C)C)cc1-c1ccc(C(F)(F)F)cc1[C@H]1OC(=O)N(Cc2cc(CF)cc(C(F)(F)F)c2)[C@@H]1C. The number of hydrogen-bond acceptors (Lipinski definition) is 3. The molecular formula is C30H28F7NO3. The van der Waals surface area contributed by atoms with Gasteiger partial charge >= 0.3 is 18.4 Å². The van der Waals surface area contributed by atoms with Crippen molar-refractivity contribution >= 4 is 6.09 Å². The van der Waals surface area contributed by atoms with E-state index in [1.807, 2.05) is 19.9 Å². The Labute approximate surface area is 232 Å². The molecule has 1 heterocycles. The number of carbonyl (C=O) groups excluding carboxylic acids is 1. The molecule has 1 amide bonds. The molecule has 220 valence electrons. The van der Waals surface area contributed by atoms with Crippen LogP contribution in [0.4, 0.5) is 35.5 Å². The highest BCUT2D eigenvalue weighted by Crippen LogP contribution is 2.44. The van der Waals surface area contributed by atoms with E-state index < -0.39 is 48.4 Å². The maximum atomic E-state index is 13.8. The van der Waals surface area contributed by atoms with Crippen LogP contribution in [0.15, 0.2) is 54.6 Å². The van der Waals surface area contributed by atoms with Crippen LogP contribution in [0.2, 0.25) is 0 Å². The van der Waals surface area contributed by atoms with Gasteiger partial charge < -0.3 is 9.47 Å². The molecule has 0 saturated carbocycles. The zero-order valence-corrected chi connectivity index (χ0v) is 22.7. The molecule has 0 aromatic heterocycles. The highest BCUT2D eigenvalue weighted by Gasteiger charge is 2.42. The Balaban J connectivity index is 1.79. The number of ether oxygens (including phenoxy) is 2. The second-order valence-electron chi connectivity index (χ2n) is 10.3. The van der Waals surface area contributed by atoms with Crippen molar-refractivity contribution in [2.45, 2.75) is 64.4 Å². The van der Waals surface area contributed by atoms with E-state index in [1.165, 1.54) is 26.2 Å². The van der Waals surface area contributed by atoms with Crippen LogP contribution in [-0.2, 0) is 30.3 Å². The lowest BCUT2D eigenvalue weighted by Gasteiger charge is -2.24. The molecule has 0 bridgehead atoms. The number of cyclic esters (lactones) is 1. The van der Waals surface area contributed by atoms with Crippen molar-refractivity contribution in [2.75, 3.05) is 7.11 Å². The predicted octanol–water partition coefficient (Wildman–Crippen LogP) is 9.07. The summed E-state index contributed by atoms with van der Waals surface area (Å²) in [6.07, 6.45) is -11.5. The van der Waals surface area contributed by atoms with Gasteiger partial charge in [-0.1, -0.05) is 32.0 Å². The topological polar surface area (TPSA) is 38.8 Å². The van der Waals surface area contributed by atoms with Crippen molar-refractivity contribution < 1.29 is 45.0 Å². The zero-order chi connectivity index (χ0) is 30.3. The second kappa shape index (κ2) is 11.3. The maximum absolute atomic E-state index is 13.8. The summed E-state index contributed by atoms with van der Waals surface area (Å²) < 4.78 is 106. The molecule has 0 aliphatic carbocycles. The van der Waals surface area contributed by atoms with Crippen molar-refractivity contribution in [2.24, 2.45) is 0 Å². The molecule has 0 spiro atoms. The van der Waals surface area contributed by atoms with Crippen molar-refractivity contribution in [1.82, 2.24) is 4.90 Å². The van der Waals surface area contributed by atoms with Crippen LogP contribution in [0.1, 0.15) is 66.2 Å². The molecule has 1 aliphatic rings. The molecule has 2 atom stereocenters. The summed E-state index contributed by atoms with van der Waals surface area (Å²) in [5.41, 5.74) is -0.429. The number of methoxy groups -OCH3 is 1. The van der Waals surface area contributed by atoms with E-state index in [9.17, 15) is 35.5 Å². The Morgan fingerprint density at radius 1 is 0.878 bits per heavy atom. The average Bonchev–Trinajstić information content (AvgIpc) is 3.19. The quantitative estimate of drug-likeness (QED) is 0.261. The standard InChI is InChI=1S/C30H28F7NO3/c1-16(2)20-5-8-26(40-4)24(12-20)23-7-6-21(29(32,33)34)13-25(23)27-17(3)38(28(39)41-27)15-19-9-18(14-31)10-22(11-19)30(35,36)37/h5-13,16-17,27H,14-15H2,1-4H3/t17-,27+/m1/s1. The van der Waals surface area contributed by atoms with Crippen LogP contribution < -0.4 is 4.74 Å². The van der Waals surface area contributed by atoms with Gasteiger partial charge in [0, 0.05) is 17.7 Å². The smallest absolute Gasteiger partial charge is 0.416 e. The number of nitrogens with zero attached hydrogens (tertiary/aromatic N) is 1. The minimum Gasteiger partial charge on any atom is -0.496 e. The number of alkyl halides is 7. The second-order valence-corrected chi connectivity index (χ2v) is 10.3. The molecule has 1 aliphatic heterocycles. The zero-order valence-electron chi connectivity index (χ0n) is 22.7. The Morgan fingerprint density at radius 3 is 2.12 bits per heavy atom. The van der Waals surface area contributed by atoms with Crippen LogP contribution >= 0.6 is 0 Å². The van der Waals surface area contributed by atoms with Crippen molar-refractivity contribution in [3.8, 4) is 16.9 Å². The lowest BCUT2D eigenvalue weighted by atomic mass is 9.89. The lowest BCUT2D eigenvalue weighted by Crippen LogP contribution is -2.31. The minimum atomic E-state index is -4.74. The number of hydrogen-bond donors (Lipinski definition) is 0. The Kier molecular flexibility index (Phi) is 8.29. The lowest BCUT2D eigenvalue weighted by molar-refractivity contribution is -0.138. The third-order valence-corrected chi connectivity index (χ3v) is 7.14. The van der Waals surface area contributed by atoms with E-state index in [4.69, 9.17) is 9.47 Å². The van der Waals surface area contributed by atoms with Crippen molar-refractivity contribution in [3.05, 3.63) is 88.0 Å². The summed E-state index contributed by atoms with van der Waals surface area (Å²) in [6.45, 7) is 3.93. The maximum Gasteiger partial charge on any atom is 0.416 e. The molecule has 41 heavy (non-hydrogen) atoms. The normalized spacial score (nSPS) is 17.8. The summed E-state index contributed by atoms with van der Waals surface area (Å²) in [7, 11) is 1.43.